The van der Waals surface area contributed by atoms with Crippen LogP contribution >= 0.6 is 46.3 Å². The zero-order valence-corrected chi connectivity index (χ0v) is 28.6. The maximum Gasteiger partial charge on any atom is 0.297 e. The van der Waals surface area contributed by atoms with E-state index in [9.17, 15) is 9.59 Å². The first-order chi connectivity index (χ1) is 23.2. The maximum absolute atomic E-state index is 15.2. The molecule has 1 unspecified atom stereocenters. The number of anilines is 2. The van der Waals surface area contributed by atoms with Crippen molar-refractivity contribution < 1.29 is 14.0 Å². The van der Waals surface area contributed by atoms with Crippen LogP contribution < -0.4 is 15.2 Å². The number of fused-ring (bicyclic) bond motifs is 5. The number of rotatable bonds is 6. The third-order valence-corrected chi connectivity index (χ3v) is 11.6. The summed E-state index contributed by atoms with van der Waals surface area (Å²) in [5.41, 5.74) is 2.39. The van der Waals surface area contributed by atoms with E-state index in [2.05, 4.69) is 10.2 Å². The van der Waals surface area contributed by atoms with E-state index >= 15 is 4.79 Å². The topological polar surface area (TPSA) is 96.6 Å². The zero-order valence-electron chi connectivity index (χ0n) is 25.5. The van der Waals surface area contributed by atoms with Crippen molar-refractivity contribution in [2.75, 3.05) is 9.80 Å². The highest BCUT2D eigenvalue weighted by Gasteiger charge is 2.66. The predicted molar refractivity (Wildman–Crippen MR) is 190 cm³/mol. The largest absolute Gasteiger partial charge is 0.450 e. The van der Waals surface area contributed by atoms with Gasteiger partial charge in [0.2, 0.25) is 10.9 Å². The van der Waals surface area contributed by atoms with Crippen LogP contribution in [-0.4, -0.2) is 22.0 Å². The van der Waals surface area contributed by atoms with Crippen molar-refractivity contribution in [3.8, 4) is 0 Å². The molecule has 12 heteroatoms. The van der Waals surface area contributed by atoms with E-state index < -0.39 is 22.8 Å². The predicted octanol–water partition coefficient (Wildman–Crippen LogP) is 8.31. The van der Waals surface area contributed by atoms with E-state index in [-0.39, 0.29) is 34.0 Å². The molecule has 238 valence electrons. The second kappa shape index (κ2) is 11.6. The summed E-state index contributed by atoms with van der Waals surface area (Å²) in [6, 6.07) is 25.5. The highest BCUT2D eigenvalue weighted by molar-refractivity contribution is 8.00. The number of carbonyl (C=O) groups excluding carboxylic acids is 2. The number of nitrogens with zero attached hydrogens (tertiary/aromatic N) is 4. The molecular formula is C36H24Cl2N4O4S2. The Morgan fingerprint density at radius 1 is 0.896 bits per heavy atom. The molecule has 8 nitrogen and oxygen atoms in total. The van der Waals surface area contributed by atoms with Gasteiger partial charge in [0.1, 0.15) is 5.58 Å². The van der Waals surface area contributed by atoms with E-state index in [1.165, 1.54) is 28.0 Å². The van der Waals surface area contributed by atoms with Gasteiger partial charge in [0.05, 0.1) is 23.2 Å². The van der Waals surface area contributed by atoms with Crippen molar-refractivity contribution in [2.24, 2.45) is 0 Å². The molecule has 6 aromatic rings. The Labute approximate surface area is 292 Å². The number of carbonyl (C=O) groups is 2. The number of benzene rings is 4. The van der Waals surface area contributed by atoms with Gasteiger partial charge in [-0.25, -0.2) is 0 Å². The van der Waals surface area contributed by atoms with Crippen LogP contribution in [0.3, 0.4) is 0 Å². The average molecular weight is 712 g/mol. The molecule has 0 N–H and O–H groups in total. The molecule has 0 saturated carbocycles. The Bertz CT molecular complexity index is 2390. The molecule has 4 aromatic carbocycles. The summed E-state index contributed by atoms with van der Waals surface area (Å²) in [7, 11) is 0. The van der Waals surface area contributed by atoms with Crippen molar-refractivity contribution in [2.45, 2.75) is 36.0 Å². The Morgan fingerprint density at radius 3 is 2.48 bits per heavy atom. The van der Waals surface area contributed by atoms with E-state index in [1.54, 1.807) is 35.2 Å². The van der Waals surface area contributed by atoms with Crippen LogP contribution in [0.25, 0.3) is 11.0 Å². The molecule has 0 radical (unpaired) electrons. The van der Waals surface area contributed by atoms with Crippen LogP contribution in [-0.2, 0) is 22.6 Å². The van der Waals surface area contributed by atoms with Crippen molar-refractivity contribution in [1.82, 2.24) is 10.2 Å². The van der Waals surface area contributed by atoms with E-state index in [0.717, 1.165) is 16.7 Å². The van der Waals surface area contributed by atoms with Gasteiger partial charge in [-0.2, -0.15) is 0 Å². The summed E-state index contributed by atoms with van der Waals surface area (Å²) in [6.07, 6.45) is 0. The minimum Gasteiger partial charge on any atom is -0.450 e. The summed E-state index contributed by atoms with van der Waals surface area (Å²) in [4.78, 5) is 47.4. The third-order valence-electron chi connectivity index (χ3n) is 8.87. The lowest BCUT2D eigenvalue weighted by atomic mass is 9.84. The van der Waals surface area contributed by atoms with Crippen molar-refractivity contribution in [1.29, 1.82) is 0 Å². The lowest BCUT2D eigenvalue weighted by Crippen LogP contribution is -2.53. The van der Waals surface area contributed by atoms with Gasteiger partial charge < -0.3 is 9.32 Å². The molecule has 1 spiro atoms. The molecule has 2 amide bonds. The fraction of sp³-hybridized carbons (Fsp3) is 0.139. The van der Waals surface area contributed by atoms with Gasteiger partial charge in [-0.15, -0.1) is 10.2 Å². The average Bonchev–Trinajstić information content (AvgIpc) is 3.71. The smallest absolute Gasteiger partial charge is 0.297 e. The zero-order chi connectivity index (χ0) is 33.3. The van der Waals surface area contributed by atoms with Gasteiger partial charge in [-0.3, -0.25) is 19.3 Å². The summed E-state index contributed by atoms with van der Waals surface area (Å²) in [5, 5.41) is 10.4. The first kappa shape index (κ1) is 30.8. The maximum atomic E-state index is 15.2. The van der Waals surface area contributed by atoms with Gasteiger partial charge in [0, 0.05) is 21.4 Å². The monoisotopic (exact) mass is 710 g/mol. The van der Waals surface area contributed by atoms with E-state index in [4.69, 9.17) is 27.6 Å². The number of hydrogen-bond donors (Lipinski definition) is 0. The van der Waals surface area contributed by atoms with Crippen molar-refractivity contribution in [3.63, 3.8) is 0 Å². The highest BCUT2D eigenvalue weighted by atomic mass is 35.5. The fourth-order valence-corrected chi connectivity index (χ4v) is 8.74. The van der Waals surface area contributed by atoms with Gasteiger partial charge in [0.15, 0.2) is 15.3 Å². The number of para-hydroxylation sites is 1. The number of hydrogen-bond acceptors (Lipinski definition) is 8. The van der Waals surface area contributed by atoms with Crippen LogP contribution in [0.4, 0.5) is 10.8 Å². The molecule has 0 aliphatic carbocycles. The number of aromatic nitrogens is 2. The summed E-state index contributed by atoms with van der Waals surface area (Å²) >= 11 is 15.3. The molecule has 1 atom stereocenters. The van der Waals surface area contributed by atoms with Gasteiger partial charge in [-0.05, 0) is 72.5 Å². The Kier molecular flexibility index (Phi) is 7.44. The Morgan fingerprint density at radius 2 is 1.67 bits per heavy atom. The summed E-state index contributed by atoms with van der Waals surface area (Å²) in [5.74, 6) is -0.768. The fourth-order valence-electron chi connectivity index (χ4n) is 6.50. The lowest BCUT2D eigenvalue weighted by molar-refractivity contribution is -0.121. The van der Waals surface area contributed by atoms with Crippen LogP contribution in [0.2, 0.25) is 10.0 Å². The number of halogens is 2. The van der Waals surface area contributed by atoms with Crippen LogP contribution in [0.5, 0.6) is 0 Å². The Hall–Kier alpha value is -4.48. The molecule has 48 heavy (non-hydrogen) atoms. The van der Waals surface area contributed by atoms with E-state index in [0.29, 0.717) is 37.0 Å². The van der Waals surface area contributed by atoms with Crippen LogP contribution in [0.1, 0.15) is 43.9 Å². The molecule has 0 fully saturated rings. The van der Waals surface area contributed by atoms with Crippen molar-refractivity contribution in [3.05, 3.63) is 144 Å². The molecule has 2 aromatic heterocycles. The highest BCUT2D eigenvalue weighted by Crippen LogP contribution is 2.55. The quantitative estimate of drug-likeness (QED) is 0.127. The molecule has 0 saturated heterocycles. The molecule has 8 rings (SSSR count). The lowest BCUT2D eigenvalue weighted by Gasteiger charge is -2.32. The Balaban J connectivity index is 1.33. The molecular weight excluding hydrogens is 687 g/mol. The molecule has 2 aliphatic rings. The minimum atomic E-state index is -1.90. The number of aryl methyl sites for hydroxylation is 2. The standard InChI is InChI=1S/C36H24Cl2N4O4S2/c1-19-14-24-28(15-20(19)2)46-31-29(30(24)43)36(25-11-4-6-13-27(25)41(33(36)45)17-22-9-3-5-12-26(22)38)42(32(31)44)34-39-40-35(48-34)47-18-21-8-7-10-23(37)16-21/h3-16H,17-18H2,1-2H3. The SMILES string of the molecule is Cc1cc2oc3c(c(=O)c2cc1C)C1(C(=O)N(Cc2ccccc2Cl)c2ccccc21)N(c1nnc(SCc2cccc(Cl)c2)s1)C3=O. The van der Waals surface area contributed by atoms with Gasteiger partial charge >= 0.3 is 0 Å². The van der Waals surface area contributed by atoms with Crippen LogP contribution in [0.15, 0.2) is 98.5 Å². The molecule has 0 bridgehead atoms. The van der Waals surface area contributed by atoms with Gasteiger partial charge in [-0.1, -0.05) is 94.8 Å². The number of thioether (sulfide) groups is 1. The van der Waals surface area contributed by atoms with E-state index in [1.807, 2.05) is 68.4 Å². The van der Waals surface area contributed by atoms with Crippen LogP contribution in [0, 0.1) is 13.8 Å². The first-order valence-electron chi connectivity index (χ1n) is 15.0. The summed E-state index contributed by atoms with van der Waals surface area (Å²) in [6.45, 7) is 3.92. The van der Waals surface area contributed by atoms with Gasteiger partial charge in [0.25, 0.3) is 11.8 Å². The minimum absolute atomic E-state index is 0.0364. The normalized spacial score (nSPS) is 16.8. The first-order valence-corrected chi connectivity index (χ1v) is 17.5. The van der Waals surface area contributed by atoms with Crippen molar-refractivity contribution >= 4 is 79.9 Å². The summed E-state index contributed by atoms with van der Waals surface area (Å²) < 4.78 is 6.86. The molecule has 2 aliphatic heterocycles. The second-order valence-corrected chi connectivity index (χ2v) is 14.7. The number of amides is 2. The molecule has 4 heterocycles. The third kappa shape index (κ3) is 4.62. The second-order valence-electron chi connectivity index (χ2n) is 11.7.